The molecule has 0 spiro atoms. The molecule has 0 saturated carbocycles. The number of hydrogen-bond donors (Lipinski definition) is 1. The third-order valence-corrected chi connectivity index (χ3v) is 2.80. The summed E-state index contributed by atoms with van der Waals surface area (Å²) in [4.78, 5) is 6.34. The van der Waals surface area contributed by atoms with E-state index < -0.39 is 0 Å². The first-order valence-corrected chi connectivity index (χ1v) is 5.01. The smallest absolute Gasteiger partial charge is 0.240 e. The summed E-state index contributed by atoms with van der Waals surface area (Å²) in [6.07, 6.45) is 3.54. The van der Waals surface area contributed by atoms with E-state index in [0.717, 1.165) is 25.9 Å². The standard InChI is InChI=1S/C9H16N4O/c1-7-4-8(10)2-3-13(7)5-9-11-6-12-14-9/h6-8H,2-5,10H2,1H3. The lowest BCUT2D eigenvalue weighted by molar-refractivity contribution is 0.124. The Morgan fingerprint density at radius 3 is 3.21 bits per heavy atom. The average molecular weight is 196 g/mol. The van der Waals surface area contributed by atoms with Gasteiger partial charge in [-0.1, -0.05) is 5.16 Å². The molecule has 0 bridgehead atoms. The van der Waals surface area contributed by atoms with Crippen LogP contribution in [0.4, 0.5) is 0 Å². The predicted octanol–water partition coefficient (Wildman–Crippen LogP) is 0.381. The van der Waals surface area contributed by atoms with E-state index in [1.165, 1.54) is 6.33 Å². The number of piperidine rings is 1. The van der Waals surface area contributed by atoms with Crippen molar-refractivity contribution in [3.05, 3.63) is 12.2 Å². The van der Waals surface area contributed by atoms with Gasteiger partial charge >= 0.3 is 0 Å². The van der Waals surface area contributed by atoms with E-state index in [2.05, 4.69) is 22.0 Å². The molecule has 2 unspecified atom stereocenters. The van der Waals surface area contributed by atoms with Crippen molar-refractivity contribution in [3.8, 4) is 0 Å². The molecule has 2 N–H and O–H groups in total. The highest BCUT2D eigenvalue weighted by molar-refractivity contribution is 4.84. The van der Waals surface area contributed by atoms with Gasteiger partial charge in [0.15, 0.2) is 6.33 Å². The highest BCUT2D eigenvalue weighted by atomic mass is 16.5. The van der Waals surface area contributed by atoms with Crippen molar-refractivity contribution in [2.75, 3.05) is 6.54 Å². The molecule has 2 rings (SSSR count). The minimum absolute atomic E-state index is 0.351. The Hall–Kier alpha value is -0.940. The van der Waals surface area contributed by atoms with Gasteiger partial charge < -0.3 is 10.3 Å². The summed E-state index contributed by atoms with van der Waals surface area (Å²) >= 11 is 0. The van der Waals surface area contributed by atoms with Gasteiger partial charge in [-0.2, -0.15) is 4.98 Å². The fraction of sp³-hybridized carbons (Fsp3) is 0.778. The number of aromatic nitrogens is 2. The van der Waals surface area contributed by atoms with Gasteiger partial charge in [-0.05, 0) is 19.8 Å². The second kappa shape index (κ2) is 4.06. The van der Waals surface area contributed by atoms with Crippen LogP contribution >= 0.6 is 0 Å². The highest BCUT2D eigenvalue weighted by Gasteiger charge is 2.24. The molecule has 0 aromatic carbocycles. The van der Waals surface area contributed by atoms with Gasteiger partial charge in [0.05, 0.1) is 6.54 Å². The molecule has 0 amide bonds. The molecule has 1 saturated heterocycles. The van der Waals surface area contributed by atoms with E-state index in [1.807, 2.05) is 0 Å². The summed E-state index contributed by atoms with van der Waals surface area (Å²) in [7, 11) is 0. The molecule has 78 valence electrons. The van der Waals surface area contributed by atoms with E-state index in [-0.39, 0.29) is 0 Å². The molecule has 2 atom stereocenters. The van der Waals surface area contributed by atoms with Crippen LogP contribution in [0.5, 0.6) is 0 Å². The minimum Gasteiger partial charge on any atom is -0.338 e. The van der Waals surface area contributed by atoms with E-state index in [9.17, 15) is 0 Å². The number of likely N-dealkylation sites (tertiary alicyclic amines) is 1. The molecule has 5 nitrogen and oxygen atoms in total. The maximum Gasteiger partial charge on any atom is 0.240 e. The lowest BCUT2D eigenvalue weighted by Gasteiger charge is -2.35. The fourth-order valence-corrected chi connectivity index (χ4v) is 1.93. The van der Waals surface area contributed by atoms with Gasteiger partial charge in [-0.25, -0.2) is 0 Å². The molecule has 1 fully saturated rings. The van der Waals surface area contributed by atoms with Crippen molar-refractivity contribution >= 4 is 0 Å². The van der Waals surface area contributed by atoms with Gasteiger partial charge in [-0.3, -0.25) is 4.90 Å². The number of hydrogen-bond acceptors (Lipinski definition) is 5. The maximum atomic E-state index is 5.88. The molecule has 1 aromatic heterocycles. The molecule has 0 radical (unpaired) electrons. The summed E-state index contributed by atoms with van der Waals surface area (Å²) in [5.41, 5.74) is 5.88. The highest BCUT2D eigenvalue weighted by Crippen LogP contribution is 2.17. The zero-order valence-corrected chi connectivity index (χ0v) is 8.39. The molecular weight excluding hydrogens is 180 g/mol. The zero-order chi connectivity index (χ0) is 9.97. The third kappa shape index (κ3) is 2.10. The van der Waals surface area contributed by atoms with Gasteiger partial charge in [0.1, 0.15) is 0 Å². The number of nitrogens with zero attached hydrogens (tertiary/aromatic N) is 3. The van der Waals surface area contributed by atoms with Crippen LogP contribution in [-0.2, 0) is 6.54 Å². The van der Waals surface area contributed by atoms with Crippen LogP contribution in [0, 0.1) is 0 Å². The first-order valence-electron chi connectivity index (χ1n) is 5.01. The van der Waals surface area contributed by atoms with E-state index in [1.54, 1.807) is 0 Å². The summed E-state index contributed by atoms with van der Waals surface area (Å²) < 4.78 is 4.98. The van der Waals surface area contributed by atoms with Crippen molar-refractivity contribution in [1.29, 1.82) is 0 Å². The van der Waals surface area contributed by atoms with Crippen LogP contribution in [-0.4, -0.2) is 33.7 Å². The fourth-order valence-electron chi connectivity index (χ4n) is 1.93. The molecule has 14 heavy (non-hydrogen) atoms. The summed E-state index contributed by atoms with van der Waals surface area (Å²) in [5.74, 6) is 0.687. The van der Waals surface area contributed by atoms with Crippen molar-refractivity contribution < 1.29 is 4.52 Å². The zero-order valence-electron chi connectivity index (χ0n) is 8.39. The first kappa shape index (κ1) is 9.61. The van der Waals surface area contributed by atoms with Crippen molar-refractivity contribution in [2.24, 2.45) is 5.73 Å². The predicted molar refractivity (Wildman–Crippen MR) is 51.4 cm³/mol. The van der Waals surface area contributed by atoms with Gasteiger partial charge in [-0.15, -0.1) is 0 Å². The molecule has 0 aliphatic carbocycles. The summed E-state index contributed by atoms with van der Waals surface area (Å²) in [6.45, 7) is 3.95. The average Bonchev–Trinajstić information content (AvgIpc) is 2.62. The minimum atomic E-state index is 0.351. The lowest BCUT2D eigenvalue weighted by Crippen LogP contribution is -2.45. The van der Waals surface area contributed by atoms with Crippen molar-refractivity contribution in [3.63, 3.8) is 0 Å². The van der Waals surface area contributed by atoms with E-state index >= 15 is 0 Å². The molecule has 1 aliphatic heterocycles. The first-order chi connectivity index (χ1) is 6.75. The Morgan fingerprint density at radius 2 is 2.57 bits per heavy atom. The Kier molecular flexibility index (Phi) is 2.79. The second-order valence-corrected chi connectivity index (χ2v) is 3.94. The van der Waals surface area contributed by atoms with Crippen LogP contribution in [0.3, 0.4) is 0 Å². The number of nitrogens with two attached hydrogens (primary N) is 1. The van der Waals surface area contributed by atoms with Gasteiger partial charge in [0.25, 0.3) is 0 Å². The Balaban J connectivity index is 1.92. The largest absolute Gasteiger partial charge is 0.338 e. The van der Waals surface area contributed by atoms with Crippen LogP contribution in [0.1, 0.15) is 25.7 Å². The third-order valence-electron chi connectivity index (χ3n) is 2.80. The maximum absolute atomic E-state index is 5.88. The lowest BCUT2D eigenvalue weighted by atomic mass is 9.99. The SMILES string of the molecule is CC1CC(N)CCN1Cc1ncno1. The topological polar surface area (TPSA) is 68.2 Å². The van der Waals surface area contributed by atoms with Crippen molar-refractivity contribution in [1.82, 2.24) is 15.0 Å². The van der Waals surface area contributed by atoms with E-state index in [4.69, 9.17) is 10.3 Å². The van der Waals surface area contributed by atoms with Gasteiger partial charge in [0, 0.05) is 18.6 Å². The second-order valence-electron chi connectivity index (χ2n) is 3.94. The van der Waals surface area contributed by atoms with Crippen LogP contribution in [0.15, 0.2) is 10.9 Å². The summed E-state index contributed by atoms with van der Waals surface area (Å²) in [5, 5.41) is 3.59. The molecule has 5 heteroatoms. The molecule has 1 aliphatic rings. The Morgan fingerprint density at radius 1 is 1.71 bits per heavy atom. The van der Waals surface area contributed by atoms with Crippen LogP contribution in [0.2, 0.25) is 0 Å². The van der Waals surface area contributed by atoms with Crippen molar-refractivity contribution in [2.45, 2.75) is 38.4 Å². The molecule has 1 aromatic rings. The summed E-state index contributed by atoms with van der Waals surface area (Å²) in [6, 6.07) is 0.856. The van der Waals surface area contributed by atoms with Crippen LogP contribution < -0.4 is 5.73 Å². The monoisotopic (exact) mass is 196 g/mol. The molecular formula is C9H16N4O. The number of rotatable bonds is 2. The Labute approximate surface area is 83.3 Å². The molecule has 2 heterocycles. The quantitative estimate of drug-likeness (QED) is 0.740. The normalized spacial score (nSPS) is 29.3. The van der Waals surface area contributed by atoms with E-state index in [0.29, 0.717) is 18.0 Å². The Bertz CT molecular complexity index is 274. The van der Waals surface area contributed by atoms with Crippen LogP contribution in [0.25, 0.3) is 0 Å². The van der Waals surface area contributed by atoms with Gasteiger partial charge in [0.2, 0.25) is 5.89 Å².